The molecule has 0 radical (unpaired) electrons. The van der Waals surface area contributed by atoms with Crippen molar-refractivity contribution in [2.75, 3.05) is 32.1 Å². The maximum atomic E-state index is 13.4. The molecule has 3 heterocycles. The standard InChI is InChI=1S/C23H30N4O/c1-26(2)21-16-18(11-14-24-21)23(28)27-15-12-19(17-8-4-3-5-9-17)22-20(27)10-6-7-13-25-22/h3-5,8-9,11,14,16,19-20,22,25H,6-7,10,12-13,15H2,1-2H3/t19-,20-,22-/m1/s1. The van der Waals surface area contributed by atoms with Gasteiger partial charge in [-0.25, -0.2) is 4.98 Å². The molecule has 1 amide bonds. The highest BCUT2D eigenvalue weighted by molar-refractivity contribution is 5.95. The Hall–Kier alpha value is -2.40. The van der Waals surface area contributed by atoms with Crippen molar-refractivity contribution in [3.8, 4) is 0 Å². The van der Waals surface area contributed by atoms with Gasteiger partial charge < -0.3 is 15.1 Å². The number of piperidine rings is 1. The quantitative estimate of drug-likeness (QED) is 0.890. The Bertz CT molecular complexity index is 807. The first-order valence-electron chi connectivity index (χ1n) is 10.4. The van der Waals surface area contributed by atoms with Crippen molar-refractivity contribution in [3.05, 3.63) is 59.8 Å². The lowest BCUT2D eigenvalue weighted by Gasteiger charge is -2.45. The Labute approximate surface area is 167 Å². The third-order valence-electron chi connectivity index (χ3n) is 6.18. The van der Waals surface area contributed by atoms with E-state index in [1.165, 1.54) is 18.4 Å². The molecule has 1 aromatic heterocycles. The second kappa shape index (κ2) is 8.31. The summed E-state index contributed by atoms with van der Waals surface area (Å²) in [5, 5.41) is 3.78. The second-order valence-electron chi connectivity index (χ2n) is 8.14. The van der Waals surface area contributed by atoms with Crippen LogP contribution < -0.4 is 10.2 Å². The third kappa shape index (κ3) is 3.76. The zero-order valence-corrected chi connectivity index (χ0v) is 16.8. The van der Waals surface area contributed by atoms with Crippen LogP contribution in [0.1, 0.15) is 47.5 Å². The van der Waals surface area contributed by atoms with E-state index in [0.717, 1.165) is 37.3 Å². The molecule has 2 aliphatic heterocycles. The van der Waals surface area contributed by atoms with Gasteiger partial charge in [0.1, 0.15) is 5.82 Å². The molecule has 2 aromatic rings. The Morgan fingerprint density at radius 2 is 1.96 bits per heavy atom. The Morgan fingerprint density at radius 3 is 2.75 bits per heavy atom. The average molecular weight is 379 g/mol. The molecular formula is C23H30N4O. The second-order valence-corrected chi connectivity index (χ2v) is 8.14. The SMILES string of the molecule is CN(C)c1cc(C(=O)N2CC[C@H](c3ccccc3)[C@H]3NCCCC[C@H]32)ccn1. The van der Waals surface area contributed by atoms with Crippen LogP contribution in [0.15, 0.2) is 48.7 Å². The molecule has 1 N–H and O–H groups in total. The van der Waals surface area contributed by atoms with E-state index in [1.54, 1.807) is 6.20 Å². The summed E-state index contributed by atoms with van der Waals surface area (Å²) < 4.78 is 0. The average Bonchev–Trinajstić information content (AvgIpc) is 2.99. The van der Waals surface area contributed by atoms with E-state index in [9.17, 15) is 4.79 Å². The number of anilines is 1. The normalized spacial score (nSPS) is 24.9. The van der Waals surface area contributed by atoms with Crippen LogP contribution in [0, 0.1) is 0 Å². The highest BCUT2D eigenvalue weighted by atomic mass is 16.2. The number of rotatable bonds is 3. The molecule has 148 valence electrons. The monoisotopic (exact) mass is 378 g/mol. The Balaban J connectivity index is 1.62. The number of fused-ring (bicyclic) bond motifs is 1. The van der Waals surface area contributed by atoms with Crippen LogP contribution in [0.5, 0.6) is 0 Å². The maximum absolute atomic E-state index is 13.4. The van der Waals surface area contributed by atoms with Crippen LogP contribution in [-0.4, -0.2) is 55.1 Å². The summed E-state index contributed by atoms with van der Waals surface area (Å²) in [6.45, 7) is 1.84. The molecule has 1 aromatic carbocycles. The number of benzene rings is 1. The number of likely N-dealkylation sites (tertiary alicyclic amines) is 1. The van der Waals surface area contributed by atoms with Gasteiger partial charge >= 0.3 is 0 Å². The number of hydrogen-bond acceptors (Lipinski definition) is 4. The molecule has 5 heteroatoms. The van der Waals surface area contributed by atoms with Crippen LogP contribution in [-0.2, 0) is 0 Å². The molecule has 28 heavy (non-hydrogen) atoms. The number of hydrogen-bond donors (Lipinski definition) is 1. The van der Waals surface area contributed by atoms with E-state index in [1.807, 2.05) is 31.1 Å². The van der Waals surface area contributed by atoms with Crippen LogP contribution in [0.3, 0.4) is 0 Å². The summed E-state index contributed by atoms with van der Waals surface area (Å²) in [5.41, 5.74) is 2.12. The molecule has 3 atom stereocenters. The van der Waals surface area contributed by atoms with Gasteiger partial charge in [0.15, 0.2) is 0 Å². The number of pyridine rings is 1. The molecular weight excluding hydrogens is 348 g/mol. The van der Waals surface area contributed by atoms with E-state index in [4.69, 9.17) is 0 Å². The van der Waals surface area contributed by atoms with Crippen molar-refractivity contribution in [2.24, 2.45) is 0 Å². The first kappa shape index (κ1) is 18.9. The van der Waals surface area contributed by atoms with Gasteiger partial charge in [-0.05, 0) is 43.5 Å². The molecule has 2 saturated heterocycles. The van der Waals surface area contributed by atoms with E-state index in [0.29, 0.717) is 12.0 Å². The minimum atomic E-state index is 0.135. The van der Waals surface area contributed by atoms with Crippen LogP contribution in [0.25, 0.3) is 0 Å². The van der Waals surface area contributed by atoms with E-state index >= 15 is 0 Å². The number of aromatic nitrogens is 1. The van der Waals surface area contributed by atoms with Gasteiger partial charge in [-0.2, -0.15) is 0 Å². The number of carbonyl (C=O) groups excluding carboxylic acids is 1. The summed E-state index contributed by atoms with van der Waals surface area (Å²) >= 11 is 0. The van der Waals surface area contributed by atoms with Crippen LogP contribution >= 0.6 is 0 Å². The predicted octanol–water partition coefficient (Wildman–Crippen LogP) is 3.29. The van der Waals surface area contributed by atoms with Crippen molar-refractivity contribution < 1.29 is 4.79 Å². The molecule has 0 unspecified atom stereocenters. The number of nitrogens with one attached hydrogen (secondary N) is 1. The van der Waals surface area contributed by atoms with Crippen molar-refractivity contribution in [2.45, 2.75) is 43.7 Å². The smallest absolute Gasteiger partial charge is 0.254 e. The fourth-order valence-corrected chi connectivity index (χ4v) is 4.73. The first-order chi connectivity index (χ1) is 13.6. The lowest BCUT2D eigenvalue weighted by atomic mass is 9.79. The van der Waals surface area contributed by atoms with Gasteiger partial charge in [0, 0.05) is 50.4 Å². The topological polar surface area (TPSA) is 48.5 Å². The molecule has 0 saturated carbocycles. The van der Waals surface area contributed by atoms with Crippen LogP contribution in [0.2, 0.25) is 0 Å². The number of nitrogens with zero attached hydrogens (tertiary/aromatic N) is 3. The predicted molar refractivity (Wildman–Crippen MR) is 113 cm³/mol. The van der Waals surface area contributed by atoms with Gasteiger partial charge in [0.2, 0.25) is 0 Å². The number of amides is 1. The molecule has 2 aliphatic rings. The zero-order chi connectivity index (χ0) is 19.5. The molecule has 5 nitrogen and oxygen atoms in total. The van der Waals surface area contributed by atoms with Gasteiger partial charge in [-0.1, -0.05) is 36.8 Å². The zero-order valence-electron chi connectivity index (χ0n) is 16.8. The summed E-state index contributed by atoms with van der Waals surface area (Å²) in [5.74, 6) is 1.42. The first-order valence-corrected chi connectivity index (χ1v) is 10.4. The fourth-order valence-electron chi connectivity index (χ4n) is 4.73. The number of carbonyl (C=O) groups is 1. The van der Waals surface area contributed by atoms with Gasteiger partial charge in [-0.3, -0.25) is 4.79 Å². The van der Waals surface area contributed by atoms with Gasteiger partial charge in [0.25, 0.3) is 5.91 Å². The van der Waals surface area contributed by atoms with Gasteiger partial charge in [0.05, 0.1) is 0 Å². The maximum Gasteiger partial charge on any atom is 0.254 e. The third-order valence-corrected chi connectivity index (χ3v) is 6.18. The molecule has 0 spiro atoms. The molecule has 0 aliphatic carbocycles. The lowest BCUT2D eigenvalue weighted by molar-refractivity contribution is 0.0510. The van der Waals surface area contributed by atoms with Crippen molar-refractivity contribution in [3.63, 3.8) is 0 Å². The summed E-state index contributed by atoms with van der Waals surface area (Å²) in [7, 11) is 3.90. The van der Waals surface area contributed by atoms with E-state index < -0.39 is 0 Å². The Morgan fingerprint density at radius 1 is 1.14 bits per heavy atom. The lowest BCUT2D eigenvalue weighted by Crippen LogP contribution is -2.58. The summed E-state index contributed by atoms with van der Waals surface area (Å²) in [4.78, 5) is 21.9. The summed E-state index contributed by atoms with van der Waals surface area (Å²) in [6, 6.07) is 15.1. The highest BCUT2D eigenvalue weighted by Gasteiger charge is 2.41. The Kier molecular flexibility index (Phi) is 5.62. The fraction of sp³-hybridized carbons (Fsp3) is 0.478. The molecule has 0 bridgehead atoms. The van der Waals surface area contributed by atoms with Crippen molar-refractivity contribution in [1.82, 2.24) is 15.2 Å². The van der Waals surface area contributed by atoms with Crippen molar-refractivity contribution >= 4 is 11.7 Å². The minimum absolute atomic E-state index is 0.135. The van der Waals surface area contributed by atoms with E-state index in [2.05, 4.69) is 45.5 Å². The summed E-state index contributed by atoms with van der Waals surface area (Å²) in [6.07, 6.45) is 6.14. The van der Waals surface area contributed by atoms with Crippen LogP contribution in [0.4, 0.5) is 5.82 Å². The van der Waals surface area contributed by atoms with Gasteiger partial charge in [-0.15, -0.1) is 0 Å². The van der Waals surface area contributed by atoms with E-state index in [-0.39, 0.29) is 11.9 Å². The molecule has 4 rings (SSSR count). The highest BCUT2D eigenvalue weighted by Crippen LogP contribution is 2.36. The molecule has 2 fully saturated rings. The minimum Gasteiger partial charge on any atom is -0.363 e. The largest absolute Gasteiger partial charge is 0.363 e. The van der Waals surface area contributed by atoms with Crippen molar-refractivity contribution in [1.29, 1.82) is 0 Å².